The number of rotatable bonds is 4. The van der Waals surface area contributed by atoms with Gasteiger partial charge in [0, 0.05) is 25.2 Å². The van der Waals surface area contributed by atoms with Crippen LogP contribution in [-0.4, -0.2) is 35.1 Å². The van der Waals surface area contributed by atoms with Crippen molar-refractivity contribution in [3.05, 3.63) is 20.3 Å². The van der Waals surface area contributed by atoms with Crippen molar-refractivity contribution in [3.63, 3.8) is 0 Å². The molecule has 1 fully saturated rings. The molecule has 0 amide bonds. The summed E-state index contributed by atoms with van der Waals surface area (Å²) in [5.41, 5.74) is -0.0527. The zero-order valence-electron chi connectivity index (χ0n) is 10.7. The minimum atomic E-state index is -0.0527. The van der Waals surface area contributed by atoms with E-state index < -0.39 is 0 Å². The molecule has 0 aromatic carbocycles. The summed E-state index contributed by atoms with van der Waals surface area (Å²) < 4.78 is 0.687. The Morgan fingerprint density at radius 1 is 1.67 bits per heavy atom. The first-order chi connectivity index (χ1) is 8.59. The van der Waals surface area contributed by atoms with Gasteiger partial charge in [0.25, 0.3) is 5.56 Å². The second-order valence-corrected chi connectivity index (χ2v) is 6.00. The number of nitrogens with one attached hydrogen (secondary N) is 2. The predicted molar refractivity (Wildman–Crippen MR) is 81.1 cm³/mol. The van der Waals surface area contributed by atoms with Gasteiger partial charge < -0.3 is 15.2 Å². The fourth-order valence-corrected chi connectivity index (χ4v) is 2.88. The van der Waals surface area contributed by atoms with E-state index in [-0.39, 0.29) is 5.56 Å². The Bertz CT molecular complexity index is 460. The van der Waals surface area contributed by atoms with Gasteiger partial charge in [-0.15, -0.1) is 0 Å². The van der Waals surface area contributed by atoms with Gasteiger partial charge in [-0.2, -0.15) is 0 Å². The molecule has 1 aliphatic rings. The highest BCUT2D eigenvalue weighted by Gasteiger charge is 2.27. The topological polar surface area (TPSA) is 61.0 Å². The molecule has 0 radical (unpaired) electrons. The molecular formula is C12H19IN4O. The zero-order chi connectivity index (χ0) is 13.1. The number of halogens is 1. The van der Waals surface area contributed by atoms with Gasteiger partial charge in [0.15, 0.2) is 0 Å². The average Bonchev–Trinajstić information content (AvgIpc) is 2.78. The largest absolute Gasteiger partial charge is 0.351 e. The van der Waals surface area contributed by atoms with E-state index in [1.807, 2.05) is 0 Å². The molecule has 0 aliphatic carbocycles. The first-order valence-corrected chi connectivity index (χ1v) is 7.40. The monoisotopic (exact) mass is 362 g/mol. The fraction of sp³-hybridized carbons (Fsp3) is 0.667. The molecule has 1 aromatic rings. The number of hydrogen-bond acceptors (Lipinski definition) is 4. The van der Waals surface area contributed by atoms with Crippen LogP contribution in [0.1, 0.15) is 26.7 Å². The lowest BCUT2D eigenvalue weighted by molar-refractivity contribution is 0.522. The fourth-order valence-electron chi connectivity index (χ4n) is 2.27. The third-order valence-electron chi connectivity index (χ3n) is 3.19. The quantitative estimate of drug-likeness (QED) is 0.794. The minimum absolute atomic E-state index is 0.0527. The Morgan fingerprint density at radius 3 is 3.17 bits per heavy atom. The van der Waals surface area contributed by atoms with Gasteiger partial charge in [-0.1, -0.05) is 13.8 Å². The summed E-state index contributed by atoms with van der Waals surface area (Å²) in [7, 11) is 0. The van der Waals surface area contributed by atoms with Crippen molar-refractivity contribution >= 4 is 28.4 Å². The molecule has 5 nitrogen and oxygen atoms in total. The Kier molecular flexibility index (Phi) is 4.60. The SMILES string of the molecule is CC(C)NCC1CCCN1c1nc[nH]c(=O)c1I. The van der Waals surface area contributed by atoms with Crippen LogP contribution in [0.15, 0.2) is 11.1 Å². The minimum Gasteiger partial charge on any atom is -0.351 e. The van der Waals surface area contributed by atoms with E-state index in [9.17, 15) is 4.79 Å². The van der Waals surface area contributed by atoms with Crippen molar-refractivity contribution in [2.45, 2.75) is 38.8 Å². The molecule has 0 saturated carbocycles. The van der Waals surface area contributed by atoms with Crippen molar-refractivity contribution < 1.29 is 0 Å². The van der Waals surface area contributed by atoms with Gasteiger partial charge >= 0.3 is 0 Å². The molecule has 18 heavy (non-hydrogen) atoms. The summed E-state index contributed by atoms with van der Waals surface area (Å²) in [5, 5.41) is 3.46. The molecule has 0 bridgehead atoms. The molecule has 100 valence electrons. The van der Waals surface area contributed by atoms with Crippen molar-refractivity contribution in [2.75, 3.05) is 18.0 Å². The molecular weight excluding hydrogens is 343 g/mol. The molecule has 1 atom stereocenters. The van der Waals surface area contributed by atoms with Gasteiger partial charge in [-0.3, -0.25) is 4.79 Å². The van der Waals surface area contributed by atoms with Crippen LogP contribution in [0.3, 0.4) is 0 Å². The van der Waals surface area contributed by atoms with E-state index in [2.05, 4.69) is 56.6 Å². The Hall–Kier alpha value is -0.630. The van der Waals surface area contributed by atoms with Gasteiger partial charge in [-0.05, 0) is 35.4 Å². The Morgan fingerprint density at radius 2 is 2.44 bits per heavy atom. The predicted octanol–water partition coefficient (Wildman–Crippen LogP) is 1.34. The standard InChI is InChI=1S/C12H19IN4O/c1-8(2)14-6-9-4-3-5-17(9)11-10(13)12(18)16-7-15-11/h7-9,14H,3-6H2,1-2H3,(H,15,16,18). The normalized spacial score (nSPS) is 19.8. The van der Waals surface area contributed by atoms with E-state index >= 15 is 0 Å². The molecule has 1 saturated heterocycles. The van der Waals surface area contributed by atoms with E-state index in [0.29, 0.717) is 15.7 Å². The molecule has 0 spiro atoms. The second-order valence-electron chi connectivity index (χ2n) is 4.92. The molecule has 6 heteroatoms. The highest BCUT2D eigenvalue weighted by atomic mass is 127. The number of H-pyrrole nitrogens is 1. The van der Waals surface area contributed by atoms with Crippen LogP contribution < -0.4 is 15.8 Å². The van der Waals surface area contributed by atoms with Crippen LogP contribution in [0.25, 0.3) is 0 Å². The average molecular weight is 362 g/mol. The van der Waals surface area contributed by atoms with Crippen LogP contribution >= 0.6 is 22.6 Å². The number of nitrogens with zero attached hydrogens (tertiary/aromatic N) is 2. The molecule has 1 aromatic heterocycles. The number of aromatic amines is 1. The van der Waals surface area contributed by atoms with Gasteiger partial charge in [-0.25, -0.2) is 4.98 Å². The third kappa shape index (κ3) is 3.03. The maximum absolute atomic E-state index is 11.6. The van der Waals surface area contributed by atoms with Crippen LogP contribution in [0.4, 0.5) is 5.82 Å². The van der Waals surface area contributed by atoms with E-state index in [1.165, 1.54) is 6.33 Å². The summed E-state index contributed by atoms with van der Waals surface area (Å²) in [4.78, 5) is 20.8. The molecule has 1 aliphatic heterocycles. The van der Waals surface area contributed by atoms with Crippen molar-refractivity contribution in [2.24, 2.45) is 0 Å². The summed E-state index contributed by atoms with van der Waals surface area (Å²) in [6.07, 6.45) is 3.81. The molecule has 2 heterocycles. The van der Waals surface area contributed by atoms with E-state index in [1.54, 1.807) is 0 Å². The van der Waals surface area contributed by atoms with E-state index in [0.717, 1.165) is 31.7 Å². The molecule has 2 N–H and O–H groups in total. The van der Waals surface area contributed by atoms with Crippen LogP contribution in [0.5, 0.6) is 0 Å². The Labute approximate surface area is 121 Å². The summed E-state index contributed by atoms with van der Waals surface area (Å²) in [6.45, 7) is 6.22. The lowest BCUT2D eigenvalue weighted by Crippen LogP contribution is -2.41. The number of aromatic nitrogens is 2. The van der Waals surface area contributed by atoms with Gasteiger partial charge in [0.05, 0.1) is 6.33 Å². The maximum atomic E-state index is 11.6. The molecule has 1 unspecified atom stereocenters. The number of hydrogen-bond donors (Lipinski definition) is 2. The molecule has 2 rings (SSSR count). The summed E-state index contributed by atoms with van der Waals surface area (Å²) in [5.74, 6) is 0.826. The summed E-state index contributed by atoms with van der Waals surface area (Å²) in [6, 6.07) is 0.925. The lowest BCUT2D eigenvalue weighted by atomic mass is 10.2. The van der Waals surface area contributed by atoms with Crippen LogP contribution in [-0.2, 0) is 0 Å². The van der Waals surface area contributed by atoms with Crippen molar-refractivity contribution in [1.29, 1.82) is 0 Å². The zero-order valence-corrected chi connectivity index (χ0v) is 12.9. The van der Waals surface area contributed by atoms with Gasteiger partial charge in [0.1, 0.15) is 9.39 Å². The smallest absolute Gasteiger partial charge is 0.266 e. The second kappa shape index (κ2) is 6.01. The number of anilines is 1. The first kappa shape index (κ1) is 13.8. The lowest BCUT2D eigenvalue weighted by Gasteiger charge is -2.27. The van der Waals surface area contributed by atoms with E-state index in [4.69, 9.17) is 0 Å². The van der Waals surface area contributed by atoms with Crippen LogP contribution in [0, 0.1) is 3.57 Å². The Balaban J connectivity index is 2.16. The van der Waals surface area contributed by atoms with Crippen molar-refractivity contribution in [1.82, 2.24) is 15.3 Å². The van der Waals surface area contributed by atoms with Crippen LogP contribution in [0.2, 0.25) is 0 Å². The maximum Gasteiger partial charge on any atom is 0.266 e. The van der Waals surface area contributed by atoms with Gasteiger partial charge in [0.2, 0.25) is 0 Å². The third-order valence-corrected chi connectivity index (χ3v) is 4.16. The highest BCUT2D eigenvalue weighted by molar-refractivity contribution is 14.1. The summed E-state index contributed by atoms with van der Waals surface area (Å²) >= 11 is 2.08. The first-order valence-electron chi connectivity index (χ1n) is 6.33. The highest BCUT2D eigenvalue weighted by Crippen LogP contribution is 2.25. The van der Waals surface area contributed by atoms with Crippen molar-refractivity contribution in [3.8, 4) is 0 Å².